The molecule has 1 atom stereocenters. The number of fused-ring (bicyclic) bond motifs is 6. The van der Waals surface area contributed by atoms with Crippen LogP contribution >= 0.6 is 0 Å². The summed E-state index contributed by atoms with van der Waals surface area (Å²) in [5.41, 5.74) is 21.8. The first-order chi connectivity index (χ1) is 26.8. The van der Waals surface area contributed by atoms with Crippen LogP contribution in [0.3, 0.4) is 0 Å². The smallest absolute Gasteiger partial charge is 0.0738 e. The lowest BCUT2D eigenvalue weighted by Gasteiger charge is -2.30. The monoisotopic (exact) mass is 683 g/mol. The molecule has 12 rings (SSSR count). The Balaban J connectivity index is 1.00. The quantitative estimate of drug-likeness (QED) is 0.175. The zero-order chi connectivity index (χ0) is 35.4. The van der Waals surface area contributed by atoms with Gasteiger partial charge < -0.3 is 4.90 Å². The van der Waals surface area contributed by atoms with Gasteiger partial charge in [-0.25, -0.2) is 0 Å². The molecule has 3 aliphatic rings. The van der Waals surface area contributed by atoms with Gasteiger partial charge in [0.25, 0.3) is 0 Å². The summed E-state index contributed by atoms with van der Waals surface area (Å²) in [4.78, 5) is 2.42. The lowest BCUT2D eigenvalue weighted by Crippen LogP contribution is -2.23. The molecule has 0 radical (unpaired) electrons. The largest absolute Gasteiger partial charge is 0.310 e. The van der Waals surface area contributed by atoms with E-state index in [2.05, 4.69) is 205 Å². The third kappa shape index (κ3) is 3.88. The molecule has 0 fully saturated rings. The van der Waals surface area contributed by atoms with E-state index in [4.69, 9.17) is 0 Å². The highest BCUT2D eigenvalue weighted by molar-refractivity contribution is 6.06. The van der Waals surface area contributed by atoms with E-state index in [-0.39, 0.29) is 5.41 Å². The first-order valence-electron chi connectivity index (χ1n) is 18.8. The van der Waals surface area contributed by atoms with Crippen molar-refractivity contribution < 1.29 is 0 Å². The molecule has 0 heterocycles. The molecule has 3 aliphatic carbocycles. The molecule has 54 heavy (non-hydrogen) atoms. The van der Waals surface area contributed by atoms with Crippen LogP contribution in [0.5, 0.6) is 0 Å². The Bertz CT molecular complexity index is 2950. The summed E-state index contributed by atoms with van der Waals surface area (Å²) < 4.78 is 0. The van der Waals surface area contributed by atoms with Crippen LogP contribution in [0.2, 0.25) is 0 Å². The fourth-order valence-corrected chi connectivity index (χ4v) is 10.1. The number of benzene rings is 9. The summed E-state index contributed by atoms with van der Waals surface area (Å²) in [5.74, 6) is 0. The molecule has 0 saturated heterocycles. The van der Waals surface area contributed by atoms with E-state index in [1.165, 1.54) is 88.7 Å². The van der Waals surface area contributed by atoms with Gasteiger partial charge in [0.2, 0.25) is 0 Å². The lowest BCUT2D eigenvalue weighted by atomic mass is 9.73. The number of hydrogen-bond donors (Lipinski definition) is 0. The van der Waals surface area contributed by atoms with Gasteiger partial charge in [-0.05, 0) is 131 Å². The Morgan fingerprint density at radius 3 is 1.63 bits per heavy atom. The highest BCUT2D eigenvalue weighted by Gasteiger charge is 2.57. The first-order valence-corrected chi connectivity index (χ1v) is 18.8. The van der Waals surface area contributed by atoms with E-state index >= 15 is 0 Å². The molecule has 1 nitrogen and oxygen atoms in total. The molecule has 0 saturated carbocycles. The van der Waals surface area contributed by atoms with Crippen molar-refractivity contribution in [2.24, 2.45) is 0 Å². The van der Waals surface area contributed by atoms with E-state index in [1.54, 1.807) is 0 Å². The standard InChI is InChI=1S/C53H33N/c1-2-16-38(17-3-1)54(39-28-26-34(27-29-39)36-14-8-15-37(32-36)42-20-9-13-35-12-4-5-18-41(35)42)40-30-31-44-46-22-11-24-48-47-23-10-21-45-43-19-6-7-25-49(43)53(51(45)47,52(46)48)50(44)33-40/h1-33H. The van der Waals surface area contributed by atoms with Crippen molar-refractivity contribution in [1.29, 1.82) is 0 Å². The second-order valence-electron chi connectivity index (χ2n) is 14.8. The number of rotatable bonds is 5. The molecule has 9 aromatic rings. The van der Waals surface area contributed by atoms with Crippen LogP contribution in [-0.4, -0.2) is 0 Å². The van der Waals surface area contributed by atoms with E-state index in [9.17, 15) is 0 Å². The number of hydrogen-bond acceptors (Lipinski definition) is 1. The fourth-order valence-electron chi connectivity index (χ4n) is 10.1. The van der Waals surface area contributed by atoms with Crippen LogP contribution in [0, 0.1) is 0 Å². The second-order valence-corrected chi connectivity index (χ2v) is 14.8. The van der Waals surface area contributed by atoms with Crippen molar-refractivity contribution in [3.05, 3.63) is 222 Å². The van der Waals surface area contributed by atoms with E-state index in [0.29, 0.717) is 0 Å². The number of para-hydroxylation sites is 1. The summed E-state index contributed by atoms with van der Waals surface area (Å²) in [7, 11) is 0. The zero-order valence-electron chi connectivity index (χ0n) is 29.5. The number of nitrogens with zero attached hydrogens (tertiary/aromatic N) is 1. The van der Waals surface area contributed by atoms with Crippen LogP contribution in [0.15, 0.2) is 200 Å². The minimum atomic E-state index is -0.318. The molecular formula is C53H33N. The third-order valence-corrected chi connectivity index (χ3v) is 12.2. The molecule has 0 aliphatic heterocycles. The van der Waals surface area contributed by atoms with Crippen molar-refractivity contribution in [3.8, 4) is 55.6 Å². The highest BCUT2D eigenvalue weighted by atomic mass is 15.1. The van der Waals surface area contributed by atoms with Crippen molar-refractivity contribution in [2.75, 3.05) is 4.90 Å². The van der Waals surface area contributed by atoms with E-state index in [0.717, 1.165) is 17.1 Å². The molecule has 0 aromatic heterocycles. The molecule has 1 heteroatoms. The van der Waals surface area contributed by atoms with Gasteiger partial charge in [-0.2, -0.15) is 0 Å². The second kappa shape index (κ2) is 11.0. The lowest BCUT2D eigenvalue weighted by molar-refractivity contribution is 0.818. The van der Waals surface area contributed by atoms with Crippen molar-refractivity contribution in [2.45, 2.75) is 5.41 Å². The topological polar surface area (TPSA) is 3.24 Å². The van der Waals surface area contributed by atoms with E-state index < -0.39 is 0 Å². The van der Waals surface area contributed by atoms with Gasteiger partial charge in [0.05, 0.1) is 5.41 Å². The Kier molecular flexibility index (Phi) is 6.04. The summed E-state index contributed by atoms with van der Waals surface area (Å²) in [6, 6.07) is 74.1. The molecule has 9 aromatic carbocycles. The van der Waals surface area contributed by atoms with Crippen LogP contribution in [-0.2, 0) is 5.41 Å². The Hall–Kier alpha value is -6.96. The van der Waals surface area contributed by atoms with Crippen molar-refractivity contribution >= 4 is 27.8 Å². The van der Waals surface area contributed by atoms with Crippen molar-refractivity contribution in [1.82, 2.24) is 0 Å². The van der Waals surface area contributed by atoms with Gasteiger partial charge in [-0.1, -0.05) is 158 Å². The Morgan fingerprint density at radius 1 is 0.296 bits per heavy atom. The SMILES string of the molecule is c1ccc(N(c2ccc(-c3cccc(-c4cccc5ccccc45)c3)cc2)c2ccc3c(c2)C24c5ccccc5-c5cccc(c52)-c2cccc-3c24)cc1. The maximum atomic E-state index is 2.49. The summed E-state index contributed by atoms with van der Waals surface area (Å²) in [6.07, 6.45) is 0. The van der Waals surface area contributed by atoms with Gasteiger partial charge in [-0.15, -0.1) is 0 Å². The Labute approximate surface area is 315 Å². The average Bonchev–Trinajstić information content (AvgIpc) is 3.84. The molecule has 0 N–H and O–H groups in total. The average molecular weight is 684 g/mol. The summed E-state index contributed by atoms with van der Waals surface area (Å²) in [5, 5.41) is 2.54. The fraction of sp³-hybridized carbons (Fsp3) is 0.0189. The maximum absolute atomic E-state index is 2.49. The van der Waals surface area contributed by atoms with Crippen LogP contribution in [0.4, 0.5) is 17.1 Å². The minimum absolute atomic E-state index is 0.318. The number of anilines is 3. The van der Waals surface area contributed by atoms with Crippen molar-refractivity contribution in [3.63, 3.8) is 0 Å². The molecule has 0 bridgehead atoms. The van der Waals surface area contributed by atoms with Gasteiger partial charge in [-0.3, -0.25) is 0 Å². The van der Waals surface area contributed by atoms with Gasteiger partial charge in [0, 0.05) is 17.1 Å². The highest BCUT2D eigenvalue weighted by Crippen LogP contribution is 2.70. The molecule has 0 amide bonds. The maximum Gasteiger partial charge on any atom is 0.0738 e. The summed E-state index contributed by atoms with van der Waals surface area (Å²) in [6.45, 7) is 0. The van der Waals surface area contributed by atoms with Crippen LogP contribution in [0.1, 0.15) is 22.3 Å². The Morgan fingerprint density at radius 2 is 0.833 bits per heavy atom. The normalized spacial score (nSPS) is 15.1. The minimum Gasteiger partial charge on any atom is -0.310 e. The first kappa shape index (κ1) is 29.6. The van der Waals surface area contributed by atoms with Crippen LogP contribution < -0.4 is 4.90 Å². The predicted molar refractivity (Wildman–Crippen MR) is 225 cm³/mol. The molecule has 1 unspecified atom stereocenters. The molecule has 1 spiro atoms. The molecular weight excluding hydrogens is 651 g/mol. The van der Waals surface area contributed by atoms with E-state index in [1.807, 2.05) is 0 Å². The summed E-state index contributed by atoms with van der Waals surface area (Å²) >= 11 is 0. The van der Waals surface area contributed by atoms with Gasteiger partial charge in [0.15, 0.2) is 0 Å². The van der Waals surface area contributed by atoms with Gasteiger partial charge >= 0.3 is 0 Å². The molecule has 250 valence electrons. The third-order valence-electron chi connectivity index (χ3n) is 12.2. The predicted octanol–water partition coefficient (Wildman–Crippen LogP) is 14.0. The zero-order valence-corrected chi connectivity index (χ0v) is 29.5. The van der Waals surface area contributed by atoms with Gasteiger partial charge in [0.1, 0.15) is 0 Å². The van der Waals surface area contributed by atoms with Crippen LogP contribution in [0.25, 0.3) is 66.4 Å².